The number of piperidine rings is 1. The van der Waals surface area contributed by atoms with Gasteiger partial charge in [-0.3, -0.25) is 14.4 Å². The van der Waals surface area contributed by atoms with Crippen molar-refractivity contribution in [3.63, 3.8) is 0 Å². The van der Waals surface area contributed by atoms with Crippen molar-refractivity contribution in [3.05, 3.63) is 69.6 Å². The quantitative estimate of drug-likeness (QED) is 0.819. The number of nitrogens with zero attached hydrogens (tertiary/aromatic N) is 1. The number of carbonyl (C=O) groups is 2. The molecule has 0 radical (unpaired) electrons. The van der Waals surface area contributed by atoms with Gasteiger partial charge in [0.1, 0.15) is 5.69 Å². The van der Waals surface area contributed by atoms with Crippen molar-refractivity contribution in [1.29, 1.82) is 0 Å². The Balaban J connectivity index is 1.23. The number of carbonyl (C=O) groups excluding carboxylic acids is 2. The number of hydrogen-bond donors (Lipinski definition) is 2. The molecule has 1 saturated heterocycles. The summed E-state index contributed by atoms with van der Waals surface area (Å²) in [5.41, 5.74) is 2.12. The Morgan fingerprint density at radius 1 is 1.14 bits per heavy atom. The van der Waals surface area contributed by atoms with Gasteiger partial charge in [0.2, 0.25) is 5.91 Å². The first kappa shape index (κ1) is 19.4. The summed E-state index contributed by atoms with van der Waals surface area (Å²) in [6, 6.07) is 13.1. The van der Waals surface area contributed by atoms with Crippen LogP contribution in [0.4, 0.5) is 0 Å². The highest BCUT2D eigenvalue weighted by Gasteiger charge is 2.43. The van der Waals surface area contributed by atoms with Crippen molar-refractivity contribution >= 4 is 11.8 Å². The largest absolute Gasteiger partial charge is 0.356 e. The lowest BCUT2D eigenvalue weighted by atomic mass is 9.96. The molecular weight excluding hydrogens is 366 g/mol. The van der Waals surface area contributed by atoms with Gasteiger partial charge in [-0.15, -0.1) is 0 Å². The summed E-state index contributed by atoms with van der Waals surface area (Å²) < 4.78 is 0. The number of aryl methyl sites for hydroxylation is 1. The van der Waals surface area contributed by atoms with E-state index in [1.54, 1.807) is 11.8 Å². The molecule has 29 heavy (non-hydrogen) atoms. The molecule has 6 heteroatoms. The molecule has 6 nitrogen and oxygen atoms in total. The van der Waals surface area contributed by atoms with E-state index in [1.807, 2.05) is 18.2 Å². The summed E-state index contributed by atoms with van der Waals surface area (Å²) in [6.07, 6.45) is 2.64. The van der Waals surface area contributed by atoms with Gasteiger partial charge in [-0.1, -0.05) is 30.3 Å². The summed E-state index contributed by atoms with van der Waals surface area (Å²) in [6.45, 7) is 3.73. The predicted octanol–water partition coefficient (Wildman–Crippen LogP) is 2.46. The van der Waals surface area contributed by atoms with Gasteiger partial charge in [0, 0.05) is 43.4 Å². The molecule has 2 N–H and O–H groups in total. The van der Waals surface area contributed by atoms with Crippen LogP contribution in [0.1, 0.15) is 46.9 Å². The Bertz CT molecular complexity index is 945. The minimum Gasteiger partial charge on any atom is -0.356 e. The van der Waals surface area contributed by atoms with Crippen LogP contribution >= 0.6 is 0 Å². The minimum atomic E-state index is -0.156. The molecule has 2 amide bonds. The summed E-state index contributed by atoms with van der Waals surface area (Å²) in [5.74, 6) is 0.851. The number of rotatable bonds is 5. The van der Waals surface area contributed by atoms with Crippen LogP contribution in [0.3, 0.4) is 0 Å². The Morgan fingerprint density at radius 2 is 1.86 bits per heavy atom. The van der Waals surface area contributed by atoms with Crippen LogP contribution in [-0.2, 0) is 4.79 Å². The van der Waals surface area contributed by atoms with Crippen molar-refractivity contribution in [1.82, 2.24) is 15.2 Å². The third-order valence-electron chi connectivity index (χ3n) is 6.03. The fraction of sp³-hybridized carbons (Fsp3) is 0.435. The SMILES string of the molecule is Cc1cc(=O)cc(C(=O)N2CCC(CNC(=O)C3CC3c3ccccc3)CC2)[nH]1. The number of likely N-dealkylation sites (tertiary alicyclic amines) is 1. The van der Waals surface area contributed by atoms with E-state index in [1.165, 1.54) is 17.7 Å². The first-order valence-electron chi connectivity index (χ1n) is 10.3. The molecule has 1 aliphatic heterocycles. The highest BCUT2D eigenvalue weighted by Crippen LogP contribution is 2.47. The number of pyridine rings is 1. The van der Waals surface area contributed by atoms with Gasteiger partial charge < -0.3 is 15.2 Å². The number of benzene rings is 1. The first-order chi connectivity index (χ1) is 14.0. The molecule has 1 aromatic carbocycles. The van der Waals surface area contributed by atoms with Gasteiger partial charge in [-0.2, -0.15) is 0 Å². The Kier molecular flexibility index (Phi) is 5.51. The van der Waals surface area contributed by atoms with E-state index in [2.05, 4.69) is 22.4 Å². The van der Waals surface area contributed by atoms with Crippen LogP contribution in [-0.4, -0.2) is 41.3 Å². The monoisotopic (exact) mass is 393 g/mol. The highest BCUT2D eigenvalue weighted by atomic mass is 16.2. The highest BCUT2D eigenvalue weighted by molar-refractivity contribution is 5.92. The van der Waals surface area contributed by atoms with Crippen molar-refractivity contribution in [2.75, 3.05) is 19.6 Å². The van der Waals surface area contributed by atoms with Crippen molar-refractivity contribution in [2.45, 2.75) is 32.1 Å². The van der Waals surface area contributed by atoms with E-state index in [-0.39, 0.29) is 23.2 Å². The van der Waals surface area contributed by atoms with Crippen LogP contribution in [0.25, 0.3) is 0 Å². The second kappa shape index (κ2) is 8.23. The minimum absolute atomic E-state index is 0.0946. The van der Waals surface area contributed by atoms with E-state index < -0.39 is 0 Å². The Morgan fingerprint density at radius 3 is 2.55 bits per heavy atom. The molecule has 2 aliphatic rings. The number of H-pyrrole nitrogens is 1. The molecule has 2 unspecified atom stereocenters. The van der Waals surface area contributed by atoms with E-state index in [4.69, 9.17) is 0 Å². The zero-order valence-corrected chi connectivity index (χ0v) is 16.7. The summed E-state index contributed by atoms with van der Waals surface area (Å²) in [5, 5.41) is 3.11. The maximum absolute atomic E-state index is 12.6. The molecule has 0 spiro atoms. The molecule has 0 bridgehead atoms. The van der Waals surface area contributed by atoms with Gasteiger partial charge in [0.25, 0.3) is 5.91 Å². The second-order valence-corrected chi connectivity index (χ2v) is 8.25. The summed E-state index contributed by atoms with van der Waals surface area (Å²) in [4.78, 5) is 41.5. The van der Waals surface area contributed by atoms with E-state index >= 15 is 0 Å². The van der Waals surface area contributed by atoms with Crippen LogP contribution in [0.15, 0.2) is 47.3 Å². The van der Waals surface area contributed by atoms with Gasteiger partial charge in [-0.05, 0) is 43.6 Å². The third kappa shape index (κ3) is 4.58. The predicted molar refractivity (Wildman–Crippen MR) is 111 cm³/mol. The molecule has 1 aromatic heterocycles. The molecule has 2 aromatic rings. The van der Waals surface area contributed by atoms with Gasteiger partial charge in [0.05, 0.1) is 0 Å². The fourth-order valence-electron chi connectivity index (χ4n) is 4.24. The van der Waals surface area contributed by atoms with Crippen molar-refractivity contribution in [3.8, 4) is 0 Å². The first-order valence-corrected chi connectivity index (χ1v) is 10.3. The lowest BCUT2D eigenvalue weighted by Gasteiger charge is -2.32. The van der Waals surface area contributed by atoms with Crippen molar-refractivity contribution in [2.24, 2.45) is 11.8 Å². The number of hydrogen-bond acceptors (Lipinski definition) is 3. The van der Waals surface area contributed by atoms with E-state index in [9.17, 15) is 14.4 Å². The van der Waals surface area contributed by atoms with Crippen LogP contribution < -0.4 is 10.7 Å². The number of aromatic nitrogens is 1. The lowest BCUT2D eigenvalue weighted by Crippen LogP contribution is -2.42. The molecule has 2 heterocycles. The standard InChI is InChI=1S/C23H27N3O3/c1-15-11-18(27)12-21(25-15)23(29)26-9-7-16(8-10-26)14-24-22(28)20-13-19(20)17-5-3-2-4-6-17/h2-6,11-12,16,19-20H,7-10,13-14H2,1H3,(H,24,28)(H,25,27). The molecular formula is C23H27N3O3. The average Bonchev–Trinajstić information content (AvgIpc) is 3.53. The molecule has 1 aliphatic carbocycles. The van der Waals surface area contributed by atoms with Crippen LogP contribution in [0.2, 0.25) is 0 Å². The molecule has 2 fully saturated rings. The van der Waals surface area contributed by atoms with Crippen LogP contribution in [0, 0.1) is 18.8 Å². The third-order valence-corrected chi connectivity index (χ3v) is 6.03. The number of amides is 2. The lowest BCUT2D eigenvalue weighted by molar-refractivity contribution is -0.122. The normalized spacial score (nSPS) is 21.6. The topological polar surface area (TPSA) is 82.3 Å². The summed E-state index contributed by atoms with van der Waals surface area (Å²) >= 11 is 0. The maximum atomic E-state index is 12.6. The smallest absolute Gasteiger partial charge is 0.270 e. The van der Waals surface area contributed by atoms with Crippen molar-refractivity contribution < 1.29 is 9.59 Å². The van der Waals surface area contributed by atoms with Crippen LogP contribution in [0.5, 0.6) is 0 Å². The number of nitrogens with one attached hydrogen (secondary N) is 2. The Hall–Kier alpha value is -2.89. The summed E-state index contributed by atoms with van der Waals surface area (Å²) in [7, 11) is 0. The van der Waals surface area contributed by atoms with Gasteiger partial charge in [-0.25, -0.2) is 0 Å². The van der Waals surface area contributed by atoms with E-state index in [0.29, 0.717) is 42.9 Å². The molecule has 1 saturated carbocycles. The molecule has 152 valence electrons. The maximum Gasteiger partial charge on any atom is 0.270 e. The molecule has 2 atom stereocenters. The second-order valence-electron chi connectivity index (χ2n) is 8.25. The fourth-order valence-corrected chi connectivity index (χ4v) is 4.24. The number of aromatic amines is 1. The average molecular weight is 393 g/mol. The zero-order valence-electron chi connectivity index (χ0n) is 16.7. The zero-order chi connectivity index (χ0) is 20.4. The van der Waals surface area contributed by atoms with E-state index in [0.717, 1.165) is 19.3 Å². The Labute approximate surface area is 170 Å². The molecule has 4 rings (SSSR count). The van der Waals surface area contributed by atoms with Gasteiger partial charge >= 0.3 is 0 Å². The van der Waals surface area contributed by atoms with Gasteiger partial charge in [0.15, 0.2) is 5.43 Å².